The summed E-state index contributed by atoms with van der Waals surface area (Å²) < 4.78 is 9.80. The van der Waals surface area contributed by atoms with Crippen molar-refractivity contribution in [1.29, 1.82) is 0 Å². The molecule has 0 aliphatic carbocycles. The topological polar surface area (TPSA) is 61.5 Å². The van der Waals surface area contributed by atoms with E-state index in [-0.39, 0.29) is 5.97 Å². The number of benzene rings is 1. The van der Waals surface area contributed by atoms with Gasteiger partial charge in [0.2, 0.25) is 0 Å². The van der Waals surface area contributed by atoms with Crippen LogP contribution in [0.25, 0.3) is 0 Å². The van der Waals surface area contributed by atoms with Crippen LogP contribution in [-0.4, -0.2) is 20.2 Å². The van der Waals surface area contributed by atoms with E-state index in [0.717, 1.165) is 22.6 Å². The van der Waals surface area contributed by atoms with Gasteiger partial charge in [0.15, 0.2) is 0 Å². The van der Waals surface area contributed by atoms with Crippen molar-refractivity contribution in [2.75, 3.05) is 20.0 Å². The molecular formula is C14H15NO3S. The third-order valence-electron chi connectivity index (χ3n) is 2.72. The summed E-state index contributed by atoms with van der Waals surface area (Å²) in [4.78, 5) is 13.0. The van der Waals surface area contributed by atoms with E-state index in [1.165, 1.54) is 18.4 Å². The summed E-state index contributed by atoms with van der Waals surface area (Å²) >= 11 is 1.37. The Morgan fingerprint density at radius 3 is 2.53 bits per heavy atom. The zero-order valence-electron chi connectivity index (χ0n) is 10.8. The van der Waals surface area contributed by atoms with Gasteiger partial charge in [-0.1, -0.05) is 12.1 Å². The van der Waals surface area contributed by atoms with Crippen LogP contribution in [0.1, 0.15) is 20.1 Å². The van der Waals surface area contributed by atoms with E-state index >= 15 is 0 Å². The minimum absolute atomic E-state index is 0.386. The fourth-order valence-electron chi connectivity index (χ4n) is 1.74. The Morgan fingerprint density at radius 1 is 1.26 bits per heavy atom. The van der Waals surface area contributed by atoms with Crippen LogP contribution in [-0.2, 0) is 11.2 Å². The van der Waals surface area contributed by atoms with Gasteiger partial charge >= 0.3 is 5.97 Å². The van der Waals surface area contributed by atoms with E-state index in [1.807, 2.05) is 30.3 Å². The second-order valence-corrected chi connectivity index (χ2v) is 5.15. The van der Waals surface area contributed by atoms with Crippen LogP contribution in [0, 0.1) is 0 Å². The molecule has 0 fully saturated rings. The fraction of sp³-hybridized carbons (Fsp3) is 0.214. The van der Waals surface area contributed by atoms with Gasteiger partial charge in [-0.2, -0.15) is 0 Å². The fourth-order valence-corrected chi connectivity index (χ4v) is 2.77. The Kier molecular flexibility index (Phi) is 4.06. The van der Waals surface area contributed by atoms with Crippen LogP contribution in [0.5, 0.6) is 5.75 Å². The van der Waals surface area contributed by atoms with Crippen LogP contribution in [0.15, 0.2) is 30.3 Å². The first kappa shape index (κ1) is 13.4. The van der Waals surface area contributed by atoms with Gasteiger partial charge in [-0.3, -0.25) is 0 Å². The van der Waals surface area contributed by atoms with Crippen molar-refractivity contribution < 1.29 is 14.3 Å². The molecule has 2 N–H and O–H groups in total. The Hall–Kier alpha value is -2.01. The van der Waals surface area contributed by atoms with Gasteiger partial charge in [-0.05, 0) is 23.8 Å². The van der Waals surface area contributed by atoms with Crippen LogP contribution in [0.4, 0.5) is 5.69 Å². The molecule has 0 aliphatic heterocycles. The zero-order chi connectivity index (χ0) is 13.8. The third-order valence-corrected chi connectivity index (χ3v) is 3.85. The van der Waals surface area contributed by atoms with Gasteiger partial charge in [0.1, 0.15) is 10.6 Å². The predicted molar refractivity (Wildman–Crippen MR) is 75.9 cm³/mol. The van der Waals surface area contributed by atoms with E-state index in [2.05, 4.69) is 4.74 Å². The minimum Gasteiger partial charge on any atom is -0.497 e. The molecule has 1 heterocycles. The number of carbonyl (C=O) groups is 1. The molecule has 0 aliphatic rings. The molecule has 19 heavy (non-hydrogen) atoms. The average molecular weight is 277 g/mol. The van der Waals surface area contributed by atoms with Crippen molar-refractivity contribution in [3.8, 4) is 5.75 Å². The van der Waals surface area contributed by atoms with E-state index in [4.69, 9.17) is 10.5 Å². The van der Waals surface area contributed by atoms with Gasteiger partial charge < -0.3 is 15.2 Å². The van der Waals surface area contributed by atoms with Crippen LogP contribution in [0.3, 0.4) is 0 Å². The van der Waals surface area contributed by atoms with Crippen LogP contribution < -0.4 is 10.5 Å². The number of esters is 1. The lowest BCUT2D eigenvalue weighted by Gasteiger charge is -2.01. The van der Waals surface area contributed by atoms with Crippen molar-refractivity contribution in [3.05, 3.63) is 45.6 Å². The molecule has 5 heteroatoms. The summed E-state index contributed by atoms with van der Waals surface area (Å²) in [5.74, 6) is 0.438. The van der Waals surface area contributed by atoms with E-state index in [9.17, 15) is 4.79 Å². The Morgan fingerprint density at radius 2 is 1.95 bits per heavy atom. The number of hydrogen-bond acceptors (Lipinski definition) is 5. The maximum absolute atomic E-state index is 11.5. The summed E-state index contributed by atoms with van der Waals surface area (Å²) in [6.45, 7) is 0. The molecule has 0 unspecified atom stereocenters. The van der Waals surface area contributed by atoms with Crippen molar-refractivity contribution in [2.45, 2.75) is 6.42 Å². The molecule has 0 saturated carbocycles. The molecule has 1 aromatic carbocycles. The quantitative estimate of drug-likeness (QED) is 0.873. The molecule has 4 nitrogen and oxygen atoms in total. The monoisotopic (exact) mass is 277 g/mol. The molecule has 0 atom stereocenters. The Bertz CT molecular complexity index is 575. The number of ether oxygens (including phenoxy) is 2. The van der Waals surface area contributed by atoms with Crippen molar-refractivity contribution >= 4 is 23.0 Å². The third kappa shape index (κ3) is 3.06. The number of nitrogen functional groups attached to an aromatic ring is 1. The van der Waals surface area contributed by atoms with Gasteiger partial charge in [0.25, 0.3) is 0 Å². The number of nitrogens with two attached hydrogens (primary N) is 1. The molecule has 2 rings (SSSR count). The maximum Gasteiger partial charge on any atom is 0.350 e. The second kappa shape index (κ2) is 5.75. The van der Waals surface area contributed by atoms with Gasteiger partial charge in [0.05, 0.1) is 19.9 Å². The SMILES string of the molecule is COC(=O)c1sc(Cc2ccc(OC)cc2)cc1N. The Labute approximate surface area is 115 Å². The molecular weight excluding hydrogens is 262 g/mol. The number of methoxy groups -OCH3 is 2. The summed E-state index contributed by atoms with van der Waals surface area (Å²) in [5, 5.41) is 0. The van der Waals surface area contributed by atoms with Gasteiger partial charge in [-0.15, -0.1) is 11.3 Å². The number of anilines is 1. The van der Waals surface area contributed by atoms with Crippen molar-refractivity contribution in [2.24, 2.45) is 0 Å². The highest BCUT2D eigenvalue weighted by molar-refractivity contribution is 7.14. The molecule has 0 bridgehead atoms. The maximum atomic E-state index is 11.5. The van der Waals surface area contributed by atoms with Crippen molar-refractivity contribution in [3.63, 3.8) is 0 Å². The smallest absolute Gasteiger partial charge is 0.350 e. The molecule has 0 spiro atoms. The van der Waals surface area contributed by atoms with E-state index in [1.54, 1.807) is 7.11 Å². The summed E-state index contributed by atoms with van der Waals surface area (Å²) in [5.41, 5.74) is 7.42. The summed E-state index contributed by atoms with van der Waals surface area (Å²) in [6, 6.07) is 9.63. The normalized spacial score (nSPS) is 10.2. The van der Waals surface area contributed by atoms with Gasteiger partial charge in [-0.25, -0.2) is 4.79 Å². The number of rotatable bonds is 4. The highest BCUT2D eigenvalue weighted by atomic mass is 32.1. The number of thiophene rings is 1. The van der Waals surface area contributed by atoms with Crippen molar-refractivity contribution in [1.82, 2.24) is 0 Å². The summed E-state index contributed by atoms with van der Waals surface area (Å²) in [6.07, 6.45) is 0.732. The molecule has 0 amide bonds. The van der Waals surface area contributed by atoms with E-state index in [0.29, 0.717) is 10.6 Å². The summed E-state index contributed by atoms with van der Waals surface area (Å²) in [7, 11) is 2.99. The van der Waals surface area contributed by atoms with Crippen LogP contribution in [0.2, 0.25) is 0 Å². The largest absolute Gasteiger partial charge is 0.497 e. The first-order chi connectivity index (χ1) is 9.13. The van der Waals surface area contributed by atoms with Crippen LogP contribution >= 0.6 is 11.3 Å². The first-order valence-electron chi connectivity index (χ1n) is 5.73. The molecule has 100 valence electrons. The molecule has 1 aromatic heterocycles. The molecule has 2 aromatic rings. The molecule has 0 radical (unpaired) electrons. The standard InChI is InChI=1S/C14H15NO3S/c1-17-10-5-3-9(4-6-10)7-11-8-12(15)13(19-11)14(16)18-2/h3-6,8H,7,15H2,1-2H3. The lowest BCUT2D eigenvalue weighted by atomic mass is 10.1. The minimum atomic E-state index is -0.386. The average Bonchev–Trinajstić information content (AvgIpc) is 2.79. The lowest BCUT2D eigenvalue weighted by Crippen LogP contribution is -2.00. The Balaban J connectivity index is 2.16. The zero-order valence-corrected chi connectivity index (χ0v) is 11.6. The second-order valence-electron chi connectivity index (χ2n) is 4.01. The highest BCUT2D eigenvalue weighted by Gasteiger charge is 2.14. The highest BCUT2D eigenvalue weighted by Crippen LogP contribution is 2.27. The molecule has 0 saturated heterocycles. The number of carbonyl (C=O) groups excluding carboxylic acids is 1. The van der Waals surface area contributed by atoms with E-state index < -0.39 is 0 Å². The first-order valence-corrected chi connectivity index (χ1v) is 6.55. The lowest BCUT2D eigenvalue weighted by molar-refractivity contribution is 0.0607. The number of hydrogen-bond donors (Lipinski definition) is 1. The van der Waals surface area contributed by atoms with Gasteiger partial charge in [0, 0.05) is 11.3 Å². The predicted octanol–water partition coefficient (Wildman–Crippen LogP) is 2.72.